The Kier molecular flexibility index (Phi) is 2.37. The van der Waals surface area contributed by atoms with Crippen LogP contribution in [0.25, 0.3) is 0 Å². The highest BCUT2D eigenvalue weighted by atomic mass is 16.3. The number of hydrogen-bond acceptors (Lipinski definition) is 3. The summed E-state index contributed by atoms with van der Waals surface area (Å²) in [6, 6.07) is 0. The number of carbonyl (C=O) groups excluding carboxylic acids is 2. The highest BCUT2D eigenvalue weighted by molar-refractivity contribution is 6.06. The Morgan fingerprint density at radius 2 is 2.21 bits per heavy atom. The van der Waals surface area contributed by atoms with Gasteiger partial charge in [0.2, 0.25) is 11.8 Å². The van der Waals surface area contributed by atoms with E-state index in [-0.39, 0.29) is 36.2 Å². The molecule has 0 radical (unpaired) electrons. The van der Waals surface area contributed by atoms with Crippen molar-refractivity contribution in [1.82, 2.24) is 5.32 Å². The van der Waals surface area contributed by atoms with Gasteiger partial charge in [0.25, 0.3) is 0 Å². The number of nitrogens with one attached hydrogen (secondary N) is 1. The number of aliphatic hydroxyl groups is 1. The highest BCUT2D eigenvalue weighted by Gasteiger charge is 2.45. The molecule has 1 heterocycles. The molecule has 3 unspecified atom stereocenters. The molecule has 0 spiro atoms. The maximum atomic E-state index is 11.5. The molecule has 1 saturated heterocycles. The topological polar surface area (TPSA) is 66.4 Å². The van der Waals surface area contributed by atoms with E-state index < -0.39 is 0 Å². The van der Waals surface area contributed by atoms with Crippen LogP contribution in [-0.4, -0.2) is 23.5 Å². The summed E-state index contributed by atoms with van der Waals surface area (Å²) < 4.78 is 0. The predicted molar refractivity (Wildman–Crippen MR) is 49.1 cm³/mol. The second-order valence-corrected chi connectivity index (χ2v) is 3.84. The third-order valence-corrected chi connectivity index (χ3v) is 3.03. The molecule has 0 aromatic rings. The molecule has 2 N–H and O–H groups in total. The Labute approximate surface area is 82.0 Å². The van der Waals surface area contributed by atoms with E-state index >= 15 is 0 Å². The zero-order chi connectivity index (χ0) is 10.1. The molecule has 1 fully saturated rings. The molecule has 4 heteroatoms. The first-order valence-electron chi connectivity index (χ1n) is 4.86. The molecule has 0 bridgehead atoms. The van der Waals surface area contributed by atoms with Crippen molar-refractivity contribution in [2.24, 2.45) is 17.8 Å². The third-order valence-electron chi connectivity index (χ3n) is 3.03. The van der Waals surface area contributed by atoms with Gasteiger partial charge in [-0.3, -0.25) is 14.9 Å². The molecule has 2 aliphatic rings. The highest BCUT2D eigenvalue weighted by Crippen LogP contribution is 2.35. The third kappa shape index (κ3) is 1.35. The number of carbonyl (C=O) groups is 2. The summed E-state index contributed by atoms with van der Waals surface area (Å²) in [6.45, 7) is 0.0726. The SMILES string of the molecule is O=C1NC(=O)C2C(CCO)CC=CC12. The maximum Gasteiger partial charge on any atom is 0.234 e. The van der Waals surface area contributed by atoms with Gasteiger partial charge < -0.3 is 5.11 Å². The fourth-order valence-electron chi connectivity index (χ4n) is 2.34. The predicted octanol–water partition coefficient (Wildman–Crippen LogP) is -0.166. The first-order valence-corrected chi connectivity index (χ1v) is 4.86. The number of aliphatic hydroxyl groups excluding tert-OH is 1. The smallest absolute Gasteiger partial charge is 0.234 e. The largest absolute Gasteiger partial charge is 0.396 e. The number of imide groups is 1. The summed E-state index contributed by atoms with van der Waals surface area (Å²) in [5, 5.41) is 11.2. The molecule has 0 aromatic heterocycles. The summed E-state index contributed by atoms with van der Waals surface area (Å²) in [5.74, 6) is -0.810. The van der Waals surface area contributed by atoms with Gasteiger partial charge in [0.15, 0.2) is 0 Å². The average molecular weight is 195 g/mol. The molecule has 1 aliphatic heterocycles. The molecule has 3 atom stereocenters. The lowest BCUT2D eigenvalue weighted by Gasteiger charge is -2.25. The van der Waals surface area contributed by atoms with Crippen LogP contribution >= 0.6 is 0 Å². The molecule has 4 nitrogen and oxygen atoms in total. The van der Waals surface area contributed by atoms with Crippen LogP contribution in [0.5, 0.6) is 0 Å². The van der Waals surface area contributed by atoms with Crippen molar-refractivity contribution in [2.45, 2.75) is 12.8 Å². The van der Waals surface area contributed by atoms with Crippen LogP contribution in [0.15, 0.2) is 12.2 Å². The zero-order valence-electron chi connectivity index (χ0n) is 7.77. The van der Waals surface area contributed by atoms with Gasteiger partial charge in [-0.05, 0) is 18.8 Å². The number of amides is 2. The van der Waals surface area contributed by atoms with Crippen LogP contribution in [0.2, 0.25) is 0 Å². The van der Waals surface area contributed by atoms with Crippen LogP contribution in [0.4, 0.5) is 0 Å². The van der Waals surface area contributed by atoms with Crippen molar-refractivity contribution in [2.75, 3.05) is 6.61 Å². The van der Waals surface area contributed by atoms with E-state index in [0.717, 1.165) is 6.42 Å². The summed E-state index contributed by atoms with van der Waals surface area (Å²) in [7, 11) is 0. The van der Waals surface area contributed by atoms with Crippen molar-refractivity contribution in [3.8, 4) is 0 Å². The minimum absolute atomic E-state index is 0.0726. The van der Waals surface area contributed by atoms with E-state index in [0.29, 0.717) is 6.42 Å². The number of rotatable bonds is 2. The van der Waals surface area contributed by atoms with Crippen molar-refractivity contribution in [1.29, 1.82) is 0 Å². The van der Waals surface area contributed by atoms with Crippen LogP contribution < -0.4 is 5.32 Å². The van der Waals surface area contributed by atoms with Crippen molar-refractivity contribution < 1.29 is 14.7 Å². The first-order chi connectivity index (χ1) is 6.74. The van der Waals surface area contributed by atoms with Gasteiger partial charge in [0, 0.05) is 6.61 Å². The Morgan fingerprint density at radius 1 is 1.43 bits per heavy atom. The number of hydrogen-bond donors (Lipinski definition) is 2. The molecule has 76 valence electrons. The van der Waals surface area contributed by atoms with E-state index in [4.69, 9.17) is 5.11 Å². The Balaban J connectivity index is 2.21. The molecule has 14 heavy (non-hydrogen) atoms. The summed E-state index contributed by atoms with van der Waals surface area (Å²) in [6.07, 6.45) is 5.10. The van der Waals surface area contributed by atoms with Gasteiger partial charge in [0.1, 0.15) is 0 Å². The summed E-state index contributed by atoms with van der Waals surface area (Å²) >= 11 is 0. The van der Waals surface area contributed by atoms with Gasteiger partial charge in [0.05, 0.1) is 11.8 Å². The average Bonchev–Trinajstić information content (AvgIpc) is 2.44. The Hall–Kier alpha value is -1.16. The fourth-order valence-corrected chi connectivity index (χ4v) is 2.34. The molecule has 0 saturated carbocycles. The number of allylic oxidation sites excluding steroid dienone is 1. The van der Waals surface area contributed by atoms with Crippen molar-refractivity contribution in [3.05, 3.63) is 12.2 Å². The normalized spacial score (nSPS) is 35.6. The monoisotopic (exact) mass is 195 g/mol. The fraction of sp³-hybridized carbons (Fsp3) is 0.600. The van der Waals surface area contributed by atoms with Crippen molar-refractivity contribution >= 4 is 11.8 Å². The van der Waals surface area contributed by atoms with E-state index in [9.17, 15) is 9.59 Å². The minimum Gasteiger partial charge on any atom is -0.396 e. The molecular weight excluding hydrogens is 182 g/mol. The van der Waals surface area contributed by atoms with Crippen LogP contribution in [0.1, 0.15) is 12.8 Å². The first kappa shape index (κ1) is 9.40. The van der Waals surface area contributed by atoms with Crippen LogP contribution in [-0.2, 0) is 9.59 Å². The van der Waals surface area contributed by atoms with Crippen LogP contribution in [0.3, 0.4) is 0 Å². The van der Waals surface area contributed by atoms with Crippen molar-refractivity contribution in [3.63, 3.8) is 0 Å². The minimum atomic E-state index is -0.298. The summed E-state index contributed by atoms with van der Waals surface area (Å²) in [4.78, 5) is 22.8. The van der Waals surface area contributed by atoms with E-state index in [1.54, 1.807) is 6.08 Å². The quantitative estimate of drug-likeness (QED) is 0.475. The second-order valence-electron chi connectivity index (χ2n) is 3.84. The maximum absolute atomic E-state index is 11.5. The van der Waals surface area contributed by atoms with E-state index in [1.165, 1.54) is 0 Å². The molecule has 1 aliphatic carbocycles. The Bertz CT molecular complexity index is 298. The molecule has 0 aromatic carbocycles. The standard InChI is InChI=1S/C10H13NO3/c12-5-4-6-2-1-3-7-8(6)10(14)11-9(7)13/h1,3,6-8,12H,2,4-5H2,(H,11,13,14). The zero-order valence-corrected chi connectivity index (χ0v) is 7.77. The lowest BCUT2D eigenvalue weighted by Crippen LogP contribution is -2.29. The molecule has 2 amide bonds. The summed E-state index contributed by atoms with van der Waals surface area (Å²) in [5.41, 5.74) is 0. The lowest BCUT2D eigenvalue weighted by atomic mass is 9.76. The Morgan fingerprint density at radius 3 is 2.93 bits per heavy atom. The molecular formula is C10H13NO3. The van der Waals surface area contributed by atoms with E-state index in [1.807, 2.05) is 6.08 Å². The van der Waals surface area contributed by atoms with Gasteiger partial charge in [-0.15, -0.1) is 0 Å². The molecule has 2 rings (SSSR count). The lowest BCUT2D eigenvalue weighted by molar-refractivity contribution is -0.126. The van der Waals surface area contributed by atoms with Crippen LogP contribution in [0, 0.1) is 17.8 Å². The van der Waals surface area contributed by atoms with E-state index in [2.05, 4.69) is 5.32 Å². The second kappa shape index (κ2) is 3.53. The number of fused-ring (bicyclic) bond motifs is 1. The van der Waals surface area contributed by atoms with Gasteiger partial charge in [-0.1, -0.05) is 12.2 Å². The van der Waals surface area contributed by atoms with Gasteiger partial charge in [-0.2, -0.15) is 0 Å². The van der Waals surface area contributed by atoms with Gasteiger partial charge in [-0.25, -0.2) is 0 Å². The van der Waals surface area contributed by atoms with Gasteiger partial charge >= 0.3 is 0 Å².